The van der Waals surface area contributed by atoms with Crippen LogP contribution < -0.4 is 5.84 Å². The standard InChI is InChI=1S/C12H17N3O/c13-15-8-6-14(7-9-15)10-12(16)11-4-2-1-3-5-11/h1-5H,6-10,13H2. The predicted molar refractivity (Wildman–Crippen MR) is 63.0 cm³/mol. The first-order chi connectivity index (χ1) is 7.75. The Bertz CT molecular complexity index is 345. The molecule has 1 fully saturated rings. The molecule has 0 atom stereocenters. The monoisotopic (exact) mass is 219 g/mol. The van der Waals surface area contributed by atoms with Gasteiger partial charge in [-0.3, -0.25) is 15.5 Å². The molecule has 0 amide bonds. The van der Waals surface area contributed by atoms with E-state index in [1.54, 1.807) is 5.01 Å². The van der Waals surface area contributed by atoms with E-state index in [9.17, 15) is 4.79 Å². The maximum Gasteiger partial charge on any atom is 0.176 e. The fraction of sp³-hybridized carbons (Fsp3) is 0.417. The lowest BCUT2D eigenvalue weighted by atomic mass is 10.1. The van der Waals surface area contributed by atoms with Crippen molar-refractivity contribution >= 4 is 5.78 Å². The zero-order chi connectivity index (χ0) is 11.4. The molecular weight excluding hydrogens is 202 g/mol. The highest BCUT2D eigenvalue weighted by Crippen LogP contribution is 2.03. The summed E-state index contributed by atoms with van der Waals surface area (Å²) in [5.41, 5.74) is 0.790. The molecule has 0 aliphatic carbocycles. The van der Waals surface area contributed by atoms with E-state index in [0.29, 0.717) is 6.54 Å². The van der Waals surface area contributed by atoms with Crippen molar-refractivity contribution in [3.05, 3.63) is 35.9 Å². The van der Waals surface area contributed by atoms with Gasteiger partial charge in [0.1, 0.15) is 0 Å². The van der Waals surface area contributed by atoms with E-state index in [-0.39, 0.29) is 5.78 Å². The first-order valence-electron chi connectivity index (χ1n) is 5.56. The largest absolute Gasteiger partial charge is 0.293 e. The first-order valence-corrected chi connectivity index (χ1v) is 5.56. The quantitative estimate of drug-likeness (QED) is 0.589. The van der Waals surface area contributed by atoms with Crippen molar-refractivity contribution in [1.29, 1.82) is 0 Å². The highest BCUT2D eigenvalue weighted by Gasteiger charge is 2.17. The number of hydrogen-bond acceptors (Lipinski definition) is 4. The van der Waals surface area contributed by atoms with Crippen LogP contribution in [0.4, 0.5) is 0 Å². The summed E-state index contributed by atoms with van der Waals surface area (Å²) in [4.78, 5) is 14.1. The molecule has 1 aliphatic rings. The van der Waals surface area contributed by atoms with Crippen molar-refractivity contribution in [1.82, 2.24) is 9.91 Å². The Kier molecular flexibility index (Phi) is 3.66. The number of Topliss-reactive ketones (excluding diaryl/α,β-unsaturated/α-hetero) is 1. The third kappa shape index (κ3) is 2.88. The third-order valence-corrected chi connectivity index (χ3v) is 2.87. The zero-order valence-electron chi connectivity index (χ0n) is 9.30. The average Bonchev–Trinajstić information content (AvgIpc) is 2.33. The van der Waals surface area contributed by atoms with Gasteiger partial charge in [0, 0.05) is 31.7 Å². The number of carbonyl (C=O) groups excluding carboxylic acids is 1. The van der Waals surface area contributed by atoms with E-state index in [0.717, 1.165) is 31.7 Å². The van der Waals surface area contributed by atoms with Crippen LogP contribution in [0.3, 0.4) is 0 Å². The lowest BCUT2D eigenvalue weighted by Gasteiger charge is -2.31. The predicted octanol–water partition coefficient (Wildman–Crippen LogP) is 0.361. The molecule has 1 aromatic carbocycles. The summed E-state index contributed by atoms with van der Waals surface area (Å²) in [6, 6.07) is 9.43. The van der Waals surface area contributed by atoms with Crippen LogP contribution in [0.2, 0.25) is 0 Å². The van der Waals surface area contributed by atoms with E-state index >= 15 is 0 Å². The minimum atomic E-state index is 0.186. The maximum atomic E-state index is 11.9. The second-order valence-corrected chi connectivity index (χ2v) is 4.10. The molecule has 16 heavy (non-hydrogen) atoms. The van der Waals surface area contributed by atoms with Crippen molar-refractivity contribution < 1.29 is 4.79 Å². The van der Waals surface area contributed by atoms with Gasteiger partial charge < -0.3 is 0 Å². The Morgan fingerprint density at radius 1 is 1.12 bits per heavy atom. The van der Waals surface area contributed by atoms with Crippen molar-refractivity contribution in [2.45, 2.75) is 0 Å². The molecule has 1 aromatic rings. The summed E-state index contributed by atoms with van der Waals surface area (Å²) < 4.78 is 0. The molecule has 0 spiro atoms. The fourth-order valence-electron chi connectivity index (χ4n) is 1.84. The second-order valence-electron chi connectivity index (χ2n) is 4.10. The minimum absolute atomic E-state index is 0.186. The van der Waals surface area contributed by atoms with Gasteiger partial charge in [-0.05, 0) is 0 Å². The van der Waals surface area contributed by atoms with Gasteiger partial charge in [-0.25, -0.2) is 5.01 Å². The average molecular weight is 219 g/mol. The minimum Gasteiger partial charge on any atom is -0.293 e. The highest BCUT2D eigenvalue weighted by molar-refractivity contribution is 5.97. The molecule has 0 bridgehead atoms. The number of nitrogens with zero attached hydrogens (tertiary/aromatic N) is 2. The summed E-state index contributed by atoms with van der Waals surface area (Å²) in [6.07, 6.45) is 0. The first kappa shape index (κ1) is 11.3. The Morgan fingerprint density at radius 2 is 1.75 bits per heavy atom. The molecule has 2 rings (SSSR count). The number of benzene rings is 1. The van der Waals surface area contributed by atoms with Gasteiger partial charge in [0.25, 0.3) is 0 Å². The van der Waals surface area contributed by atoms with Gasteiger partial charge in [-0.1, -0.05) is 30.3 Å². The Balaban J connectivity index is 1.88. The van der Waals surface area contributed by atoms with Gasteiger partial charge in [-0.15, -0.1) is 0 Å². The normalized spacial score (nSPS) is 18.6. The SMILES string of the molecule is NN1CCN(CC(=O)c2ccccc2)CC1. The van der Waals surface area contributed by atoms with E-state index < -0.39 is 0 Å². The van der Waals surface area contributed by atoms with Gasteiger partial charge >= 0.3 is 0 Å². The fourth-order valence-corrected chi connectivity index (χ4v) is 1.84. The van der Waals surface area contributed by atoms with Crippen molar-refractivity contribution in [2.24, 2.45) is 5.84 Å². The van der Waals surface area contributed by atoms with E-state index in [4.69, 9.17) is 5.84 Å². The van der Waals surface area contributed by atoms with Crippen LogP contribution in [0.1, 0.15) is 10.4 Å². The second kappa shape index (κ2) is 5.21. The number of piperazine rings is 1. The smallest absolute Gasteiger partial charge is 0.176 e. The van der Waals surface area contributed by atoms with Crippen LogP contribution >= 0.6 is 0 Å². The molecule has 1 aliphatic heterocycles. The van der Waals surface area contributed by atoms with E-state index in [1.165, 1.54) is 0 Å². The molecule has 1 saturated heterocycles. The van der Waals surface area contributed by atoms with Crippen molar-refractivity contribution in [3.63, 3.8) is 0 Å². The summed E-state index contributed by atoms with van der Waals surface area (Å²) in [5.74, 6) is 5.85. The molecule has 0 aromatic heterocycles. The molecule has 0 saturated carbocycles. The molecule has 4 nitrogen and oxygen atoms in total. The lowest BCUT2D eigenvalue weighted by molar-refractivity contribution is 0.0853. The summed E-state index contributed by atoms with van der Waals surface area (Å²) in [6.45, 7) is 3.91. The molecule has 2 N–H and O–H groups in total. The number of rotatable bonds is 3. The number of hydrogen-bond donors (Lipinski definition) is 1. The summed E-state index contributed by atoms with van der Waals surface area (Å²) in [5, 5.41) is 1.80. The third-order valence-electron chi connectivity index (χ3n) is 2.87. The molecule has 0 radical (unpaired) electrons. The number of carbonyl (C=O) groups is 1. The van der Waals surface area contributed by atoms with Crippen molar-refractivity contribution in [2.75, 3.05) is 32.7 Å². The number of ketones is 1. The van der Waals surface area contributed by atoms with Crippen LogP contribution in [0.5, 0.6) is 0 Å². The maximum absolute atomic E-state index is 11.9. The molecule has 86 valence electrons. The van der Waals surface area contributed by atoms with Crippen LogP contribution in [-0.2, 0) is 0 Å². The molecule has 0 unspecified atom stereocenters. The van der Waals surface area contributed by atoms with Crippen LogP contribution in [0.25, 0.3) is 0 Å². The summed E-state index contributed by atoms with van der Waals surface area (Å²) in [7, 11) is 0. The van der Waals surface area contributed by atoms with E-state index in [2.05, 4.69) is 4.90 Å². The summed E-state index contributed by atoms with van der Waals surface area (Å²) >= 11 is 0. The Morgan fingerprint density at radius 3 is 2.38 bits per heavy atom. The van der Waals surface area contributed by atoms with Gasteiger partial charge in [-0.2, -0.15) is 0 Å². The lowest BCUT2D eigenvalue weighted by Crippen LogP contribution is -2.50. The van der Waals surface area contributed by atoms with Gasteiger partial charge in [0.15, 0.2) is 5.78 Å². The van der Waals surface area contributed by atoms with Gasteiger partial charge in [0.05, 0.1) is 6.54 Å². The van der Waals surface area contributed by atoms with Gasteiger partial charge in [0.2, 0.25) is 0 Å². The number of nitrogens with two attached hydrogens (primary N) is 1. The van der Waals surface area contributed by atoms with Crippen LogP contribution in [0.15, 0.2) is 30.3 Å². The Hall–Kier alpha value is -1.23. The topological polar surface area (TPSA) is 49.6 Å². The number of hydrazine groups is 1. The molecule has 4 heteroatoms. The van der Waals surface area contributed by atoms with Crippen molar-refractivity contribution in [3.8, 4) is 0 Å². The molecular formula is C12H17N3O. The molecule has 1 heterocycles. The van der Waals surface area contributed by atoms with Crippen LogP contribution in [-0.4, -0.2) is 48.4 Å². The highest BCUT2D eigenvalue weighted by atomic mass is 16.1. The van der Waals surface area contributed by atoms with Crippen LogP contribution in [0, 0.1) is 0 Å². The van der Waals surface area contributed by atoms with E-state index in [1.807, 2.05) is 30.3 Å². The zero-order valence-corrected chi connectivity index (χ0v) is 9.30. The Labute approximate surface area is 95.6 Å².